The highest BCUT2D eigenvalue weighted by Crippen LogP contribution is 2.33. The molecular formula is C17H16N2O3S. The van der Waals surface area contributed by atoms with E-state index in [4.69, 9.17) is 15.2 Å². The summed E-state index contributed by atoms with van der Waals surface area (Å²) in [6, 6.07) is 9.53. The molecule has 2 N–H and O–H groups in total. The van der Waals surface area contributed by atoms with Gasteiger partial charge in [-0.2, -0.15) is 0 Å². The third-order valence-corrected chi connectivity index (χ3v) is 4.40. The Kier molecular flexibility index (Phi) is 4.43. The van der Waals surface area contributed by atoms with Gasteiger partial charge in [-0.05, 0) is 24.4 Å². The maximum atomic E-state index is 12.0. The van der Waals surface area contributed by atoms with Gasteiger partial charge in [0.15, 0.2) is 0 Å². The minimum Gasteiger partial charge on any atom is -0.489 e. The van der Waals surface area contributed by atoms with E-state index in [2.05, 4.69) is 4.98 Å². The van der Waals surface area contributed by atoms with Gasteiger partial charge in [-0.3, -0.25) is 0 Å². The number of nitrogens with zero attached hydrogens (tertiary/aromatic N) is 1. The summed E-state index contributed by atoms with van der Waals surface area (Å²) in [7, 11) is 0. The first-order chi connectivity index (χ1) is 11.2. The first-order valence-corrected chi connectivity index (χ1v) is 8.08. The van der Waals surface area contributed by atoms with Crippen molar-refractivity contribution >= 4 is 33.2 Å². The van der Waals surface area contributed by atoms with Crippen LogP contribution in [0.15, 0.2) is 41.9 Å². The van der Waals surface area contributed by atoms with Crippen molar-refractivity contribution in [1.82, 2.24) is 4.98 Å². The molecule has 3 rings (SSSR count). The Balaban J connectivity index is 1.93. The lowest BCUT2D eigenvalue weighted by Gasteiger charge is -2.07. The van der Waals surface area contributed by atoms with Crippen LogP contribution in [0.25, 0.3) is 10.1 Å². The monoisotopic (exact) mass is 328 g/mol. The number of carbonyl (C=O) groups is 1. The number of para-hydroxylation sites is 1. The standard InChI is InChI=1S/C17H16N2O3S/c1-2-21-17(20)13-8-19-16(18)14-11(10-23-15(13)14)9-22-12-6-4-3-5-7-12/h3-8,10H,2,9H2,1H3,(H2,18,19). The second-order valence-corrected chi connectivity index (χ2v) is 5.72. The molecule has 0 saturated carbocycles. The fourth-order valence-corrected chi connectivity index (χ4v) is 3.33. The van der Waals surface area contributed by atoms with Crippen molar-refractivity contribution in [1.29, 1.82) is 0 Å². The zero-order valence-corrected chi connectivity index (χ0v) is 13.4. The smallest absolute Gasteiger partial charge is 0.341 e. The van der Waals surface area contributed by atoms with Gasteiger partial charge in [0.2, 0.25) is 0 Å². The maximum Gasteiger partial charge on any atom is 0.341 e. The molecule has 0 aliphatic rings. The first-order valence-electron chi connectivity index (χ1n) is 7.20. The van der Waals surface area contributed by atoms with Gasteiger partial charge in [0, 0.05) is 17.1 Å². The van der Waals surface area contributed by atoms with Gasteiger partial charge in [-0.25, -0.2) is 9.78 Å². The highest BCUT2D eigenvalue weighted by Gasteiger charge is 2.18. The van der Waals surface area contributed by atoms with Crippen molar-refractivity contribution in [3.63, 3.8) is 0 Å². The van der Waals surface area contributed by atoms with Gasteiger partial charge >= 0.3 is 5.97 Å². The molecule has 0 spiro atoms. The topological polar surface area (TPSA) is 74.4 Å². The van der Waals surface area contributed by atoms with Crippen molar-refractivity contribution in [2.75, 3.05) is 12.3 Å². The zero-order valence-electron chi connectivity index (χ0n) is 12.6. The number of rotatable bonds is 5. The van der Waals surface area contributed by atoms with E-state index in [0.717, 1.165) is 21.4 Å². The Morgan fingerprint density at radius 2 is 2.09 bits per heavy atom. The number of fused-ring (bicyclic) bond motifs is 1. The summed E-state index contributed by atoms with van der Waals surface area (Å²) in [5.74, 6) is 0.781. The predicted molar refractivity (Wildman–Crippen MR) is 90.8 cm³/mol. The van der Waals surface area contributed by atoms with Crippen LogP contribution in [0.3, 0.4) is 0 Å². The lowest BCUT2D eigenvalue weighted by atomic mass is 10.1. The van der Waals surface area contributed by atoms with Crippen molar-refractivity contribution < 1.29 is 14.3 Å². The number of hydrogen-bond acceptors (Lipinski definition) is 6. The maximum absolute atomic E-state index is 12.0. The summed E-state index contributed by atoms with van der Waals surface area (Å²) in [4.78, 5) is 16.2. The number of esters is 1. The van der Waals surface area contributed by atoms with Gasteiger partial charge in [0.05, 0.1) is 16.9 Å². The van der Waals surface area contributed by atoms with E-state index in [9.17, 15) is 4.79 Å². The number of carbonyl (C=O) groups excluding carboxylic acids is 1. The summed E-state index contributed by atoms with van der Waals surface area (Å²) in [5, 5.41) is 2.70. The number of pyridine rings is 1. The van der Waals surface area contributed by atoms with E-state index in [1.807, 2.05) is 35.7 Å². The number of nitrogens with two attached hydrogens (primary N) is 1. The molecule has 0 unspecified atom stereocenters. The van der Waals surface area contributed by atoms with Crippen LogP contribution in [-0.4, -0.2) is 17.6 Å². The number of ether oxygens (including phenoxy) is 2. The molecule has 0 radical (unpaired) electrons. The molecule has 5 nitrogen and oxygen atoms in total. The minimum absolute atomic E-state index is 0.319. The molecule has 0 fully saturated rings. The van der Waals surface area contributed by atoms with Crippen LogP contribution >= 0.6 is 11.3 Å². The van der Waals surface area contributed by atoms with Crippen LogP contribution < -0.4 is 10.5 Å². The van der Waals surface area contributed by atoms with E-state index in [1.165, 1.54) is 17.5 Å². The van der Waals surface area contributed by atoms with E-state index in [1.54, 1.807) is 6.92 Å². The summed E-state index contributed by atoms with van der Waals surface area (Å²) in [6.07, 6.45) is 1.47. The van der Waals surface area contributed by atoms with E-state index >= 15 is 0 Å². The number of hydrogen-bond donors (Lipinski definition) is 1. The first kappa shape index (κ1) is 15.3. The largest absolute Gasteiger partial charge is 0.489 e. The Bertz CT molecular complexity index is 830. The highest BCUT2D eigenvalue weighted by atomic mass is 32.1. The van der Waals surface area contributed by atoms with E-state index in [0.29, 0.717) is 24.6 Å². The zero-order chi connectivity index (χ0) is 16.2. The molecule has 23 heavy (non-hydrogen) atoms. The van der Waals surface area contributed by atoms with Crippen LogP contribution in [-0.2, 0) is 11.3 Å². The van der Waals surface area contributed by atoms with Crippen molar-refractivity contribution in [3.8, 4) is 5.75 Å². The Hall–Kier alpha value is -2.60. The summed E-state index contributed by atoms with van der Waals surface area (Å²) >= 11 is 1.44. The molecule has 0 amide bonds. The van der Waals surface area contributed by atoms with Gasteiger partial charge in [0.1, 0.15) is 18.2 Å². The summed E-state index contributed by atoms with van der Waals surface area (Å²) < 4.78 is 11.6. The van der Waals surface area contributed by atoms with Crippen molar-refractivity contribution in [2.24, 2.45) is 0 Å². The van der Waals surface area contributed by atoms with Gasteiger partial charge in [-0.15, -0.1) is 11.3 Å². The molecule has 118 valence electrons. The van der Waals surface area contributed by atoms with Crippen molar-refractivity contribution in [3.05, 3.63) is 53.0 Å². The molecule has 2 heterocycles. The molecule has 0 aliphatic carbocycles. The van der Waals surface area contributed by atoms with E-state index < -0.39 is 0 Å². The molecule has 6 heteroatoms. The minimum atomic E-state index is -0.387. The highest BCUT2D eigenvalue weighted by molar-refractivity contribution is 7.17. The molecular weight excluding hydrogens is 312 g/mol. The number of nitrogen functional groups attached to an aromatic ring is 1. The average molecular weight is 328 g/mol. The Labute approximate surface area is 137 Å². The van der Waals surface area contributed by atoms with Crippen LogP contribution in [0, 0.1) is 0 Å². The third-order valence-electron chi connectivity index (χ3n) is 3.33. The molecule has 0 aliphatic heterocycles. The number of thiophene rings is 1. The third kappa shape index (κ3) is 3.12. The Morgan fingerprint density at radius 3 is 2.83 bits per heavy atom. The normalized spacial score (nSPS) is 10.7. The summed E-state index contributed by atoms with van der Waals surface area (Å²) in [5.41, 5.74) is 7.35. The quantitative estimate of drug-likeness (QED) is 0.724. The average Bonchev–Trinajstić information content (AvgIpc) is 2.99. The SMILES string of the molecule is CCOC(=O)c1cnc(N)c2c(COc3ccccc3)csc12. The fraction of sp³-hybridized carbons (Fsp3) is 0.176. The number of aromatic nitrogens is 1. The van der Waals surface area contributed by atoms with Gasteiger partial charge in [-0.1, -0.05) is 18.2 Å². The van der Waals surface area contributed by atoms with Crippen LogP contribution in [0.2, 0.25) is 0 Å². The number of anilines is 1. The molecule has 3 aromatic rings. The molecule has 2 aromatic heterocycles. The molecule has 1 aromatic carbocycles. The van der Waals surface area contributed by atoms with Crippen LogP contribution in [0.1, 0.15) is 22.8 Å². The molecule has 0 saturated heterocycles. The second kappa shape index (κ2) is 6.66. The fourth-order valence-electron chi connectivity index (χ4n) is 2.27. The lowest BCUT2D eigenvalue weighted by molar-refractivity contribution is 0.0528. The van der Waals surface area contributed by atoms with Crippen LogP contribution in [0.5, 0.6) is 5.75 Å². The molecule has 0 bridgehead atoms. The van der Waals surface area contributed by atoms with E-state index in [-0.39, 0.29) is 5.97 Å². The predicted octanol–water partition coefficient (Wildman–Crippen LogP) is 3.63. The van der Waals surface area contributed by atoms with Gasteiger partial charge in [0.25, 0.3) is 0 Å². The van der Waals surface area contributed by atoms with Crippen molar-refractivity contribution in [2.45, 2.75) is 13.5 Å². The second-order valence-electron chi connectivity index (χ2n) is 4.84. The number of benzene rings is 1. The Morgan fingerprint density at radius 1 is 1.30 bits per heavy atom. The summed E-state index contributed by atoms with van der Waals surface area (Å²) in [6.45, 7) is 2.45. The lowest BCUT2D eigenvalue weighted by Crippen LogP contribution is -2.06. The van der Waals surface area contributed by atoms with Crippen LogP contribution in [0.4, 0.5) is 5.82 Å². The molecule has 0 atom stereocenters. The van der Waals surface area contributed by atoms with Gasteiger partial charge < -0.3 is 15.2 Å².